The highest BCUT2D eigenvalue weighted by molar-refractivity contribution is 5.85. The minimum atomic E-state index is -0.0120. The summed E-state index contributed by atoms with van der Waals surface area (Å²) < 4.78 is 2.22. The van der Waals surface area contributed by atoms with Crippen molar-refractivity contribution in [2.75, 3.05) is 0 Å². The van der Waals surface area contributed by atoms with E-state index in [9.17, 15) is 4.79 Å². The second-order valence-corrected chi connectivity index (χ2v) is 9.49. The zero-order chi connectivity index (χ0) is 24.7. The van der Waals surface area contributed by atoms with Crippen molar-refractivity contribution in [3.63, 3.8) is 0 Å². The Morgan fingerprint density at radius 3 is 2.53 bits per heavy atom. The summed E-state index contributed by atoms with van der Waals surface area (Å²) in [5, 5.41) is 1.12. The van der Waals surface area contributed by atoms with Gasteiger partial charge in [-0.15, -0.1) is 0 Å². The van der Waals surface area contributed by atoms with E-state index in [1.165, 1.54) is 27.8 Å². The van der Waals surface area contributed by atoms with E-state index in [1.807, 2.05) is 42.9 Å². The predicted octanol–water partition coefficient (Wildman–Crippen LogP) is 6.90. The van der Waals surface area contributed by atoms with Gasteiger partial charge in [0.25, 0.3) is 0 Å². The molecule has 1 atom stereocenters. The summed E-state index contributed by atoms with van der Waals surface area (Å²) in [6.45, 7) is 2.85. The second-order valence-electron chi connectivity index (χ2n) is 9.49. The maximum Gasteiger partial charge on any atom is 0.140 e. The molecule has 0 saturated heterocycles. The highest BCUT2D eigenvalue weighted by atomic mass is 16.1. The molecule has 0 aliphatic heterocycles. The molecule has 0 amide bonds. The van der Waals surface area contributed by atoms with Gasteiger partial charge < -0.3 is 4.57 Å². The minimum Gasteiger partial charge on any atom is -0.328 e. The quantitative estimate of drug-likeness (QED) is 0.222. The van der Waals surface area contributed by atoms with Crippen LogP contribution in [0.2, 0.25) is 0 Å². The van der Waals surface area contributed by atoms with Crippen LogP contribution in [0.15, 0.2) is 104 Å². The number of hydrogen-bond donors (Lipinski definition) is 0. The number of aryl methyl sites for hydroxylation is 2. The monoisotopic (exact) mass is 473 g/mol. The molecule has 5 rings (SSSR count). The number of aromatic nitrogens is 3. The average molecular weight is 474 g/mol. The number of rotatable bonds is 10. The molecule has 0 radical (unpaired) electrons. The Balaban J connectivity index is 1.44. The number of carbonyl (C=O) groups is 1. The normalized spacial score (nSPS) is 12.0. The van der Waals surface area contributed by atoms with Crippen LogP contribution < -0.4 is 0 Å². The Morgan fingerprint density at radius 1 is 0.889 bits per heavy atom. The first-order valence-corrected chi connectivity index (χ1v) is 12.6. The van der Waals surface area contributed by atoms with Crippen LogP contribution >= 0.6 is 0 Å². The first-order valence-electron chi connectivity index (χ1n) is 12.6. The summed E-state index contributed by atoms with van der Waals surface area (Å²) in [5.74, 6) is 0.283. The molecule has 3 heterocycles. The third-order valence-electron chi connectivity index (χ3n) is 6.78. The summed E-state index contributed by atoms with van der Waals surface area (Å²) in [5.41, 5.74) is 6.96. The molecule has 0 saturated carbocycles. The second kappa shape index (κ2) is 11.1. The van der Waals surface area contributed by atoms with Crippen LogP contribution in [0.5, 0.6) is 0 Å². The van der Waals surface area contributed by atoms with Crippen molar-refractivity contribution in [3.8, 4) is 0 Å². The molecule has 0 N–H and O–H groups in total. The maximum atomic E-state index is 13.3. The average Bonchev–Trinajstić information content (AvgIpc) is 3.26. The molecule has 0 bridgehead atoms. The standard InChI is InChI=1S/C32H31N3O/c1-24-8-5-12-27(20-24)30(21-28(36)13-6-11-25-15-18-33-19-16-25)31-23-35(22-26-9-3-2-4-10-26)32-29(31)14-7-17-34-32/h2-5,7-10,12,14-20,23,30H,6,11,13,21-22H2,1H3. The van der Waals surface area contributed by atoms with Gasteiger partial charge in [0, 0.05) is 55.5 Å². The Hall–Kier alpha value is -4.05. The van der Waals surface area contributed by atoms with Gasteiger partial charge in [0.15, 0.2) is 0 Å². The molecule has 0 spiro atoms. The first-order chi connectivity index (χ1) is 17.7. The third-order valence-corrected chi connectivity index (χ3v) is 6.78. The molecule has 1 unspecified atom stereocenters. The van der Waals surface area contributed by atoms with E-state index in [0.717, 1.165) is 30.4 Å². The van der Waals surface area contributed by atoms with Gasteiger partial charge in [-0.3, -0.25) is 9.78 Å². The van der Waals surface area contributed by atoms with Crippen LogP contribution in [-0.2, 0) is 17.8 Å². The van der Waals surface area contributed by atoms with Crippen LogP contribution in [0.3, 0.4) is 0 Å². The van der Waals surface area contributed by atoms with Gasteiger partial charge in [-0.05, 0) is 66.3 Å². The van der Waals surface area contributed by atoms with Crippen molar-refractivity contribution in [3.05, 3.63) is 131 Å². The van der Waals surface area contributed by atoms with Gasteiger partial charge in [0.1, 0.15) is 11.4 Å². The van der Waals surface area contributed by atoms with Gasteiger partial charge in [-0.1, -0.05) is 60.2 Å². The van der Waals surface area contributed by atoms with E-state index >= 15 is 0 Å². The number of ketones is 1. The topological polar surface area (TPSA) is 47.8 Å². The van der Waals surface area contributed by atoms with E-state index in [-0.39, 0.29) is 5.92 Å². The predicted molar refractivity (Wildman–Crippen MR) is 145 cm³/mol. The summed E-state index contributed by atoms with van der Waals surface area (Å²) in [6, 6.07) is 27.2. The molecular formula is C32H31N3O. The van der Waals surface area contributed by atoms with Crippen molar-refractivity contribution >= 4 is 16.8 Å². The van der Waals surface area contributed by atoms with Crippen molar-refractivity contribution in [1.82, 2.24) is 14.5 Å². The number of nitrogens with zero attached hydrogens (tertiary/aromatic N) is 3. The van der Waals surface area contributed by atoms with E-state index in [2.05, 4.69) is 77.3 Å². The summed E-state index contributed by atoms with van der Waals surface area (Å²) in [7, 11) is 0. The molecule has 36 heavy (non-hydrogen) atoms. The van der Waals surface area contributed by atoms with Crippen LogP contribution in [0.4, 0.5) is 0 Å². The number of Topliss-reactive ketones (excluding diaryl/α,β-unsaturated/α-hetero) is 1. The molecule has 0 fully saturated rings. The number of carbonyl (C=O) groups excluding carboxylic acids is 1. The fourth-order valence-electron chi connectivity index (χ4n) is 4.99. The van der Waals surface area contributed by atoms with E-state index in [4.69, 9.17) is 4.98 Å². The molecule has 5 aromatic rings. The molecule has 0 aliphatic carbocycles. The van der Waals surface area contributed by atoms with Crippen molar-refractivity contribution in [1.29, 1.82) is 0 Å². The zero-order valence-electron chi connectivity index (χ0n) is 20.7. The van der Waals surface area contributed by atoms with E-state index < -0.39 is 0 Å². The van der Waals surface area contributed by atoms with Gasteiger partial charge in [-0.25, -0.2) is 4.98 Å². The van der Waals surface area contributed by atoms with Gasteiger partial charge >= 0.3 is 0 Å². The molecule has 2 aromatic carbocycles. The SMILES string of the molecule is Cc1cccc(C(CC(=O)CCCc2ccncc2)c2cn(Cc3ccccc3)c3ncccc23)c1. The first kappa shape index (κ1) is 23.7. The summed E-state index contributed by atoms with van der Waals surface area (Å²) in [4.78, 5) is 22.1. The van der Waals surface area contributed by atoms with Gasteiger partial charge in [-0.2, -0.15) is 0 Å². The molecule has 180 valence electrons. The summed E-state index contributed by atoms with van der Waals surface area (Å²) in [6.07, 6.45) is 10.5. The fourth-order valence-corrected chi connectivity index (χ4v) is 4.99. The largest absolute Gasteiger partial charge is 0.328 e. The Labute approximate surface area is 212 Å². The number of benzene rings is 2. The van der Waals surface area contributed by atoms with Crippen molar-refractivity contribution in [2.24, 2.45) is 0 Å². The highest BCUT2D eigenvalue weighted by Crippen LogP contribution is 2.35. The molecule has 3 aromatic heterocycles. The van der Waals surface area contributed by atoms with Crippen LogP contribution in [0.1, 0.15) is 53.0 Å². The minimum absolute atomic E-state index is 0.0120. The molecule has 4 nitrogen and oxygen atoms in total. The molecule has 4 heteroatoms. The smallest absolute Gasteiger partial charge is 0.140 e. The lowest BCUT2D eigenvalue weighted by molar-refractivity contribution is -0.119. The third kappa shape index (κ3) is 5.60. The Morgan fingerprint density at radius 2 is 1.72 bits per heavy atom. The highest BCUT2D eigenvalue weighted by Gasteiger charge is 2.23. The lowest BCUT2D eigenvalue weighted by Gasteiger charge is -2.17. The fraction of sp³-hybridized carbons (Fsp3) is 0.219. The van der Waals surface area contributed by atoms with E-state index in [1.54, 1.807) is 0 Å². The lowest BCUT2D eigenvalue weighted by atomic mass is 9.85. The number of pyridine rings is 2. The number of fused-ring (bicyclic) bond motifs is 1. The van der Waals surface area contributed by atoms with Crippen molar-refractivity contribution in [2.45, 2.75) is 45.1 Å². The maximum absolute atomic E-state index is 13.3. The zero-order valence-corrected chi connectivity index (χ0v) is 20.7. The summed E-state index contributed by atoms with van der Waals surface area (Å²) >= 11 is 0. The van der Waals surface area contributed by atoms with Gasteiger partial charge in [0.2, 0.25) is 0 Å². The molecule has 0 aliphatic rings. The lowest BCUT2D eigenvalue weighted by Crippen LogP contribution is -2.09. The van der Waals surface area contributed by atoms with Crippen LogP contribution in [-0.4, -0.2) is 20.3 Å². The van der Waals surface area contributed by atoms with Crippen LogP contribution in [0, 0.1) is 6.92 Å². The molecular weight excluding hydrogens is 442 g/mol. The van der Waals surface area contributed by atoms with Gasteiger partial charge in [0.05, 0.1) is 0 Å². The van der Waals surface area contributed by atoms with E-state index in [0.29, 0.717) is 18.6 Å². The number of hydrogen-bond acceptors (Lipinski definition) is 3. The Bertz CT molecular complexity index is 1440. The van der Waals surface area contributed by atoms with Crippen LogP contribution in [0.25, 0.3) is 11.0 Å². The van der Waals surface area contributed by atoms with Crippen molar-refractivity contribution < 1.29 is 4.79 Å². The Kier molecular flexibility index (Phi) is 7.32.